The quantitative estimate of drug-likeness (QED) is 0.672. The number of halogens is 1. The van der Waals surface area contributed by atoms with Crippen LogP contribution in [0.1, 0.15) is 0 Å². The van der Waals surface area contributed by atoms with E-state index >= 15 is 0 Å². The van der Waals surface area contributed by atoms with Crippen molar-refractivity contribution in [1.82, 2.24) is 4.90 Å². The molecule has 0 aliphatic carbocycles. The summed E-state index contributed by atoms with van der Waals surface area (Å²) in [5, 5.41) is 9.13. The van der Waals surface area contributed by atoms with E-state index in [1.165, 1.54) is 0 Å². The van der Waals surface area contributed by atoms with Crippen LogP contribution in [-0.4, -0.2) is 55.6 Å². The van der Waals surface area contributed by atoms with E-state index in [4.69, 9.17) is 9.84 Å². The Morgan fingerprint density at radius 1 is 1.38 bits per heavy atom. The van der Waals surface area contributed by atoms with Gasteiger partial charge >= 0.3 is 0 Å². The topological polar surface area (TPSA) is 32.7 Å². The average Bonchev–Trinajstić information content (AvgIpc) is 2.63. The van der Waals surface area contributed by atoms with Gasteiger partial charge in [0.05, 0.1) is 19.3 Å². The van der Waals surface area contributed by atoms with Gasteiger partial charge in [0, 0.05) is 31.5 Å². The van der Waals surface area contributed by atoms with Crippen molar-refractivity contribution in [3.8, 4) is 0 Å². The molecule has 2 aliphatic heterocycles. The molecular formula is C9H16FNO2. The summed E-state index contributed by atoms with van der Waals surface area (Å²) in [6.07, 6.45) is -0.806. The zero-order valence-electron chi connectivity index (χ0n) is 7.66. The fraction of sp³-hybridized carbons (Fsp3) is 1.00. The van der Waals surface area contributed by atoms with Gasteiger partial charge in [-0.05, 0) is 0 Å². The number of aliphatic hydroxyl groups is 1. The number of hydrogen-bond donors (Lipinski definition) is 1. The summed E-state index contributed by atoms with van der Waals surface area (Å²) in [5.74, 6) is 1.23. The molecule has 2 fully saturated rings. The SMILES string of the molecule is OC(CF)CN1C[C@H]2COC[C@H]2C1. The molecule has 2 heterocycles. The van der Waals surface area contributed by atoms with Gasteiger partial charge in [-0.2, -0.15) is 0 Å². The number of ether oxygens (including phenoxy) is 1. The van der Waals surface area contributed by atoms with E-state index in [-0.39, 0.29) is 0 Å². The van der Waals surface area contributed by atoms with Crippen molar-refractivity contribution in [1.29, 1.82) is 0 Å². The first kappa shape index (κ1) is 9.37. The van der Waals surface area contributed by atoms with Gasteiger partial charge < -0.3 is 9.84 Å². The summed E-state index contributed by atoms with van der Waals surface area (Å²) in [7, 11) is 0. The fourth-order valence-electron chi connectivity index (χ4n) is 2.28. The highest BCUT2D eigenvalue weighted by molar-refractivity contribution is 4.87. The largest absolute Gasteiger partial charge is 0.389 e. The molecule has 3 atom stereocenters. The highest BCUT2D eigenvalue weighted by atomic mass is 19.1. The summed E-state index contributed by atoms with van der Waals surface area (Å²) < 4.78 is 17.4. The predicted octanol–water partition coefficient (Wildman–Crippen LogP) is -0.105. The zero-order chi connectivity index (χ0) is 9.26. The van der Waals surface area contributed by atoms with Crippen molar-refractivity contribution in [2.45, 2.75) is 6.10 Å². The van der Waals surface area contributed by atoms with Crippen molar-refractivity contribution < 1.29 is 14.2 Å². The van der Waals surface area contributed by atoms with Gasteiger partial charge in [-0.3, -0.25) is 4.90 Å². The molecule has 4 heteroatoms. The van der Waals surface area contributed by atoms with Crippen LogP contribution in [0.4, 0.5) is 4.39 Å². The Morgan fingerprint density at radius 3 is 2.54 bits per heavy atom. The van der Waals surface area contributed by atoms with Crippen LogP contribution < -0.4 is 0 Å². The average molecular weight is 189 g/mol. The third-order valence-electron chi connectivity index (χ3n) is 2.96. The van der Waals surface area contributed by atoms with Crippen molar-refractivity contribution in [3.63, 3.8) is 0 Å². The minimum absolute atomic E-state index is 0.476. The number of alkyl halides is 1. The van der Waals surface area contributed by atoms with Crippen LogP contribution in [-0.2, 0) is 4.74 Å². The maximum absolute atomic E-state index is 12.0. The molecule has 76 valence electrons. The van der Waals surface area contributed by atoms with Crippen LogP contribution in [0.3, 0.4) is 0 Å². The molecule has 2 saturated heterocycles. The number of β-amino-alcohol motifs (C(OH)–C–C–N with tert-alkyl or cyclic N) is 1. The van der Waals surface area contributed by atoms with Crippen molar-refractivity contribution in [2.24, 2.45) is 11.8 Å². The van der Waals surface area contributed by atoms with E-state index in [0.717, 1.165) is 26.3 Å². The first-order valence-electron chi connectivity index (χ1n) is 4.83. The van der Waals surface area contributed by atoms with E-state index in [1.807, 2.05) is 0 Å². The van der Waals surface area contributed by atoms with Crippen LogP contribution in [0.5, 0.6) is 0 Å². The number of hydrogen-bond acceptors (Lipinski definition) is 3. The molecule has 1 N–H and O–H groups in total. The third kappa shape index (κ3) is 2.00. The molecule has 0 aromatic carbocycles. The standard InChI is InChI=1S/C9H16FNO2/c10-1-9(12)4-11-2-7-5-13-6-8(7)3-11/h7-9,12H,1-6H2/t7-,8+,9?. The Kier molecular flexibility index (Phi) is 2.81. The molecular weight excluding hydrogens is 173 g/mol. The van der Waals surface area contributed by atoms with Crippen LogP contribution >= 0.6 is 0 Å². The lowest BCUT2D eigenvalue weighted by molar-refractivity contribution is 0.0868. The molecule has 0 aromatic heterocycles. The Labute approximate surface area is 77.5 Å². The highest BCUT2D eigenvalue weighted by Gasteiger charge is 2.37. The maximum Gasteiger partial charge on any atom is 0.117 e. The second-order valence-electron chi connectivity index (χ2n) is 4.08. The summed E-state index contributed by atoms with van der Waals surface area (Å²) in [6.45, 7) is 3.44. The van der Waals surface area contributed by atoms with E-state index in [2.05, 4.69) is 4.90 Å². The lowest BCUT2D eigenvalue weighted by Gasteiger charge is -2.18. The van der Waals surface area contributed by atoms with E-state index in [9.17, 15) is 4.39 Å². The smallest absolute Gasteiger partial charge is 0.117 e. The Bertz CT molecular complexity index is 164. The molecule has 0 bridgehead atoms. The van der Waals surface area contributed by atoms with E-state index in [1.54, 1.807) is 0 Å². The van der Waals surface area contributed by atoms with Crippen molar-refractivity contribution in [3.05, 3.63) is 0 Å². The molecule has 13 heavy (non-hydrogen) atoms. The number of fused-ring (bicyclic) bond motifs is 1. The number of likely N-dealkylation sites (tertiary alicyclic amines) is 1. The van der Waals surface area contributed by atoms with Gasteiger partial charge in [0.15, 0.2) is 0 Å². The van der Waals surface area contributed by atoms with Gasteiger partial charge in [-0.15, -0.1) is 0 Å². The second kappa shape index (κ2) is 3.90. The van der Waals surface area contributed by atoms with Gasteiger partial charge in [0.2, 0.25) is 0 Å². The third-order valence-corrected chi connectivity index (χ3v) is 2.96. The molecule has 1 unspecified atom stereocenters. The molecule has 0 radical (unpaired) electrons. The van der Waals surface area contributed by atoms with Gasteiger partial charge in [0.1, 0.15) is 6.67 Å². The summed E-state index contributed by atoms with van der Waals surface area (Å²) in [4.78, 5) is 2.14. The Morgan fingerprint density at radius 2 is 2.00 bits per heavy atom. The molecule has 2 aliphatic rings. The van der Waals surface area contributed by atoms with Crippen LogP contribution in [0.25, 0.3) is 0 Å². The first-order valence-corrected chi connectivity index (χ1v) is 4.83. The zero-order valence-corrected chi connectivity index (χ0v) is 7.66. The summed E-state index contributed by atoms with van der Waals surface area (Å²) in [5.41, 5.74) is 0. The molecule has 0 saturated carbocycles. The highest BCUT2D eigenvalue weighted by Crippen LogP contribution is 2.28. The van der Waals surface area contributed by atoms with Crippen LogP contribution in [0.2, 0.25) is 0 Å². The number of nitrogens with zero attached hydrogens (tertiary/aromatic N) is 1. The van der Waals surface area contributed by atoms with Gasteiger partial charge in [0.25, 0.3) is 0 Å². The molecule has 0 aromatic rings. The van der Waals surface area contributed by atoms with Gasteiger partial charge in [-0.1, -0.05) is 0 Å². The normalized spacial score (nSPS) is 36.5. The molecule has 3 nitrogen and oxygen atoms in total. The van der Waals surface area contributed by atoms with Crippen molar-refractivity contribution in [2.75, 3.05) is 39.5 Å². The fourth-order valence-corrected chi connectivity index (χ4v) is 2.28. The monoisotopic (exact) mass is 189 g/mol. The first-order chi connectivity index (χ1) is 6.29. The predicted molar refractivity (Wildman–Crippen MR) is 46.2 cm³/mol. The van der Waals surface area contributed by atoms with E-state index in [0.29, 0.717) is 18.4 Å². The minimum atomic E-state index is -0.806. The molecule has 0 spiro atoms. The number of aliphatic hydroxyl groups excluding tert-OH is 1. The second-order valence-corrected chi connectivity index (χ2v) is 4.08. The van der Waals surface area contributed by atoms with Gasteiger partial charge in [-0.25, -0.2) is 4.39 Å². The summed E-state index contributed by atoms with van der Waals surface area (Å²) in [6, 6.07) is 0. The number of rotatable bonds is 3. The summed E-state index contributed by atoms with van der Waals surface area (Å²) >= 11 is 0. The maximum atomic E-state index is 12.0. The van der Waals surface area contributed by atoms with E-state index < -0.39 is 12.8 Å². The Balaban J connectivity index is 1.78. The lowest BCUT2D eigenvalue weighted by atomic mass is 10.0. The minimum Gasteiger partial charge on any atom is -0.389 e. The van der Waals surface area contributed by atoms with Crippen LogP contribution in [0, 0.1) is 11.8 Å². The molecule has 0 amide bonds. The van der Waals surface area contributed by atoms with Crippen LogP contribution in [0.15, 0.2) is 0 Å². The van der Waals surface area contributed by atoms with Crippen molar-refractivity contribution >= 4 is 0 Å². The Hall–Kier alpha value is -0.190. The molecule has 2 rings (SSSR count). The lowest BCUT2D eigenvalue weighted by Crippen LogP contribution is -2.32.